The molecule has 2 aromatic rings. The summed E-state index contributed by atoms with van der Waals surface area (Å²) in [4.78, 5) is 19.1. The highest BCUT2D eigenvalue weighted by molar-refractivity contribution is 5.75. The van der Waals surface area contributed by atoms with Crippen molar-refractivity contribution in [3.05, 3.63) is 55.1 Å². The van der Waals surface area contributed by atoms with Gasteiger partial charge < -0.3 is 16.2 Å². The molecule has 0 aliphatic rings. The maximum Gasteiger partial charge on any atom is 0.405 e. The first-order valence-electron chi connectivity index (χ1n) is 6.38. The van der Waals surface area contributed by atoms with Crippen LogP contribution in [0.4, 0.5) is 10.5 Å². The average Bonchev–Trinajstić information content (AvgIpc) is 2.47. The Morgan fingerprint density at radius 1 is 1.48 bits per heavy atom. The fraction of sp³-hybridized carbons (Fsp3) is 0.133. The number of nitrogens with one attached hydrogen (secondary N) is 1. The highest BCUT2D eigenvalue weighted by atomic mass is 16.4. The largest absolute Gasteiger partial charge is 0.465 e. The minimum Gasteiger partial charge on any atom is -0.465 e. The van der Waals surface area contributed by atoms with Crippen LogP contribution in [0.5, 0.6) is 0 Å². The summed E-state index contributed by atoms with van der Waals surface area (Å²) in [5, 5.41) is 11.3. The predicted octanol–water partition coefficient (Wildman–Crippen LogP) is 2.61. The zero-order chi connectivity index (χ0) is 15.2. The van der Waals surface area contributed by atoms with E-state index < -0.39 is 12.1 Å². The number of hydrogen-bond acceptors (Lipinski definition) is 4. The fourth-order valence-corrected chi connectivity index (χ4v) is 2.05. The summed E-state index contributed by atoms with van der Waals surface area (Å²) in [6.45, 7) is 3.64. The normalized spacial score (nSPS) is 11.6. The average molecular weight is 284 g/mol. The number of aromatic nitrogens is 2. The zero-order valence-corrected chi connectivity index (χ0v) is 11.4. The Balaban J connectivity index is 2.38. The van der Waals surface area contributed by atoms with Gasteiger partial charge >= 0.3 is 6.09 Å². The molecule has 1 atom stereocenters. The Bertz CT molecular complexity index is 658. The number of nitrogens with two attached hydrogens (primary N) is 1. The molecular weight excluding hydrogens is 268 g/mol. The van der Waals surface area contributed by atoms with Crippen molar-refractivity contribution in [1.82, 2.24) is 15.3 Å². The lowest BCUT2D eigenvalue weighted by atomic mass is 10.0. The van der Waals surface area contributed by atoms with E-state index in [1.807, 2.05) is 18.2 Å². The summed E-state index contributed by atoms with van der Waals surface area (Å²) in [5.74, 6) is 0. The van der Waals surface area contributed by atoms with Gasteiger partial charge in [0.25, 0.3) is 0 Å². The lowest BCUT2D eigenvalue weighted by molar-refractivity contribution is 0.189. The van der Waals surface area contributed by atoms with E-state index in [-0.39, 0.29) is 0 Å². The molecule has 0 saturated carbocycles. The van der Waals surface area contributed by atoms with Gasteiger partial charge in [0.2, 0.25) is 0 Å². The van der Waals surface area contributed by atoms with Crippen molar-refractivity contribution >= 4 is 11.8 Å². The molecule has 1 amide bonds. The molecule has 6 nitrogen and oxygen atoms in total. The smallest absolute Gasteiger partial charge is 0.405 e. The SMILES string of the molecule is C=CC[C@H](NC(=O)O)c1cc(-c2ccncc2N)ccn1. The number of rotatable bonds is 5. The van der Waals surface area contributed by atoms with Gasteiger partial charge in [0, 0.05) is 18.0 Å². The van der Waals surface area contributed by atoms with Crippen molar-refractivity contribution < 1.29 is 9.90 Å². The summed E-state index contributed by atoms with van der Waals surface area (Å²) in [7, 11) is 0. The number of hydrogen-bond donors (Lipinski definition) is 3. The molecule has 4 N–H and O–H groups in total. The monoisotopic (exact) mass is 284 g/mol. The maximum atomic E-state index is 10.9. The molecule has 0 aliphatic carbocycles. The van der Waals surface area contributed by atoms with Crippen molar-refractivity contribution in [2.24, 2.45) is 0 Å². The van der Waals surface area contributed by atoms with Crippen LogP contribution < -0.4 is 11.1 Å². The molecule has 0 bridgehead atoms. The Kier molecular flexibility index (Phi) is 4.50. The number of carbonyl (C=O) groups is 1. The summed E-state index contributed by atoms with van der Waals surface area (Å²) in [6, 6.07) is 5.00. The van der Waals surface area contributed by atoms with Crippen LogP contribution in [0.15, 0.2) is 49.4 Å². The first-order chi connectivity index (χ1) is 10.1. The van der Waals surface area contributed by atoms with Gasteiger partial charge in [-0.05, 0) is 30.2 Å². The Morgan fingerprint density at radius 2 is 2.29 bits per heavy atom. The maximum absolute atomic E-state index is 10.9. The Hall–Kier alpha value is -2.89. The van der Waals surface area contributed by atoms with Crippen LogP contribution in [-0.4, -0.2) is 21.2 Å². The summed E-state index contributed by atoms with van der Waals surface area (Å²) in [6.07, 6.45) is 5.86. The number of amides is 1. The zero-order valence-electron chi connectivity index (χ0n) is 11.4. The van der Waals surface area contributed by atoms with E-state index >= 15 is 0 Å². The summed E-state index contributed by atoms with van der Waals surface area (Å²) in [5.41, 5.74) is 8.78. The van der Waals surface area contributed by atoms with Crippen LogP contribution in [0, 0.1) is 0 Å². The molecule has 0 fully saturated rings. The molecule has 2 aromatic heterocycles. The molecule has 6 heteroatoms. The Morgan fingerprint density at radius 3 is 2.95 bits per heavy atom. The molecule has 0 spiro atoms. The van der Waals surface area contributed by atoms with E-state index in [1.165, 1.54) is 0 Å². The van der Waals surface area contributed by atoms with Crippen molar-refractivity contribution in [3.63, 3.8) is 0 Å². The van der Waals surface area contributed by atoms with E-state index in [1.54, 1.807) is 24.7 Å². The third-order valence-electron chi connectivity index (χ3n) is 3.00. The highest BCUT2D eigenvalue weighted by Gasteiger charge is 2.15. The quantitative estimate of drug-likeness (QED) is 0.733. The van der Waals surface area contributed by atoms with Crippen LogP contribution in [-0.2, 0) is 0 Å². The van der Waals surface area contributed by atoms with E-state index in [2.05, 4.69) is 21.9 Å². The first kappa shape index (κ1) is 14.5. The summed E-state index contributed by atoms with van der Waals surface area (Å²) < 4.78 is 0. The second kappa shape index (κ2) is 6.51. The second-order valence-electron chi connectivity index (χ2n) is 4.46. The van der Waals surface area contributed by atoms with Crippen LogP contribution in [0.25, 0.3) is 11.1 Å². The van der Waals surface area contributed by atoms with Crippen LogP contribution in [0.3, 0.4) is 0 Å². The van der Waals surface area contributed by atoms with Gasteiger partial charge in [-0.3, -0.25) is 9.97 Å². The van der Waals surface area contributed by atoms with Crippen molar-refractivity contribution in [3.8, 4) is 11.1 Å². The van der Waals surface area contributed by atoms with Crippen LogP contribution in [0.2, 0.25) is 0 Å². The molecule has 21 heavy (non-hydrogen) atoms. The molecule has 0 aromatic carbocycles. The van der Waals surface area contributed by atoms with E-state index in [0.29, 0.717) is 17.8 Å². The molecular formula is C15H16N4O2. The highest BCUT2D eigenvalue weighted by Crippen LogP contribution is 2.26. The second-order valence-corrected chi connectivity index (χ2v) is 4.46. The van der Waals surface area contributed by atoms with Crippen molar-refractivity contribution in [2.75, 3.05) is 5.73 Å². The van der Waals surface area contributed by atoms with E-state index in [9.17, 15) is 4.79 Å². The number of nitrogens with zero attached hydrogens (tertiary/aromatic N) is 2. The number of anilines is 1. The predicted molar refractivity (Wildman–Crippen MR) is 80.6 cm³/mol. The Labute approximate surface area is 122 Å². The molecule has 0 saturated heterocycles. The standard InChI is InChI=1S/C15H16N4O2/c1-2-3-13(19-15(20)21)14-8-10(4-7-18-14)11-5-6-17-9-12(11)16/h2,4-9,13,19H,1,3,16H2,(H,20,21)/t13-/m0/s1. The number of nitrogen functional groups attached to an aromatic ring is 1. The van der Waals surface area contributed by atoms with Gasteiger partial charge in [0.05, 0.1) is 23.6 Å². The van der Waals surface area contributed by atoms with Gasteiger partial charge in [0.1, 0.15) is 0 Å². The van der Waals surface area contributed by atoms with E-state index in [4.69, 9.17) is 10.8 Å². The van der Waals surface area contributed by atoms with Gasteiger partial charge in [-0.25, -0.2) is 4.79 Å². The lowest BCUT2D eigenvalue weighted by Gasteiger charge is -2.15. The molecule has 0 unspecified atom stereocenters. The lowest BCUT2D eigenvalue weighted by Crippen LogP contribution is -2.27. The molecule has 2 rings (SSSR count). The van der Waals surface area contributed by atoms with Crippen molar-refractivity contribution in [2.45, 2.75) is 12.5 Å². The minimum absolute atomic E-state index is 0.442. The number of carboxylic acid groups (broad SMARTS) is 1. The molecule has 108 valence electrons. The van der Waals surface area contributed by atoms with Crippen molar-refractivity contribution in [1.29, 1.82) is 0 Å². The molecule has 2 heterocycles. The first-order valence-corrected chi connectivity index (χ1v) is 6.38. The molecule has 0 aliphatic heterocycles. The third-order valence-corrected chi connectivity index (χ3v) is 3.00. The number of pyridine rings is 2. The molecule has 0 radical (unpaired) electrons. The van der Waals surface area contributed by atoms with E-state index in [0.717, 1.165) is 11.1 Å². The van der Waals surface area contributed by atoms with Crippen LogP contribution in [0.1, 0.15) is 18.2 Å². The third kappa shape index (κ3) is 3.56. The van der Waals surface area contributed by atoms with Gasteiger partial charge in [-0.1, -0.05) is 6.08 Å². The van der Waals surface area contributed by atoms with Gasteiger partial charge in [-0.15, -0.1) is 6.58 Å². The summed E-state index contributed by atoms with van der Waals surface area (Å²) >= 11 is 0. The topological polar surface area (TPSA) is 101 Å². The van der Waals surface area contributed by atoms with Crippen LogP contribution >= 0.6 is 0 Å². The fourth-order valence-electron chi connectivity index (χ4n) is 2.05. The minimum atomic E-state index is -1.10. The van der Waals surface area contributed by atoms with Gasteiger partial charge in [-0.2, -0.15) is 0 Å². The van der Waals surface area contributed by atoms with Gasteiger partial charge in [0.15, 0.2) is 0 Å².